The first kappa shape index (κ1) is 25.8. The third-order valence-corrected chi connectivity index (χ3v) is 11.5. The van der Waals surface area contributed by atoms with Crippen LogP contribution in [0, 0.1) is 17.8 Å². The fourth-order valence-corrected chi connectivity index (χ4v) is 9.13. The van der Waals surface area contributed by atoms with Crippen molar-refractivity contribution in [2.24, 2.45) is 17.8 Å². The van der Waals surface area contributed by atoms with Gasteiger partial charge in [-0.1, -0.05) is 102 Å². The zero-order chi connectivity index (χ0) is 23.2. The van der Waals surface area contributed by atoms with E-state index in [4.69, 9.17) is 4.43 Å². The lowest BCUT2D eigenvalue weighted by Gasteiger charge is -2.44. The molecule has 2 rings (SSSR count). The van der Waals surface area contributed by atoms with Gasteiger partial charge >= 0.3 is 0 Å². The Morgan fingerprint density at radius 3 is 1.58 bits per heavy atom. The number of aliphatic hydroxyl groups excluding tert-OH is 3. The molecule has 0 aliphatic rings. The molecule has 0 bridgehead atoms. The van der Waals surface area contributed by atoms with Crippen LogP contribution in [-0.2, 0) is 4.43 Å². The maximum atomic E-state index is 10.9. The lowest BCUT2D eigenvalue weighted by molar-refractivity contribution is -0.0453. The van der Waals surface area contributed by atoms with E-state index in [-0.39, 0.29) is 29.4 Å². The van der Waals surface area contributed by atoms with E-state index in [1.165, 1.54) is 10.4 Å². The average Bonchev–Trinajstić information content (AvgIpc) is 2.77. The summed E-state index contributed by atoms with van der Waals surface area (Å²) in [5, 5.41) is 33.1. The van der Waals surface area contributed by atoms with Crippen LogP contribution in [0.5, 0.6) is 0 Å². The van der Waals surface area contributed by atoms with Crippen molar-refractivity contribution in [1.29, 1.82) is 0 Å². The molecule has 4 nitrogen and oxygen atoms in total. The molecule has 2 aromatic carbocycles. The number of benzene rings is 2. The molecule has 2 aromatic rings. The van der Waals surface area contributed by atoms with Crippen LogP contribution in [0.1, 0.15) is 41.5 Å². The standard InChI is InChI=1S/C26H40O4Si/c1-19(17-27)24(28)21(3)25(29)20(2)18-30-31(26(4,5)6,22-13-9-7-10-14-22)23-15-11-8-12-16-23/h7-16,19-21,24-25,27-29H,17-18H2,1-6H3/t19-,20-,21+,24-,25+/m0/s1. The summed E-state index contributed by atoms with van der Waals surface area (Å²) in [5.41, 5.74) is 0. The average molecular weight is 445 g/mol. The van der Waals surface area contributed by atoms with Crippen LogP contribution in [0.15, 0.2) is 60.7 Å². The molecule has 0 unspecified atom stereocenters. The van der Waals surface area contributed by atoms with Gasteiger partial charge in [0.2, 0.25) is 0 Å². The summed E-state index contributed by atoms with van der Waals surface area (Å²) < 4.78 is 6.91. The van der Waals surface area contributed by atoms with Crippen LogP contribution in [0.25, 0.3) is 0 Å². The van der Waals surface area contributed by atoms with Crippen LogP contribution in [0.4, 0.5) is 0 Å². The van der Waals surface area contributed by atoms with Crippen molar-refractivity contribution in [3.63, 3.8) is 0 Å². The van der Waals surface area contributed by atoms with Gasteiger partial charge in [0.25, 0.3) is 8.32 Å². The van der Waals surface area contributed by atoms with Crippen LogP contribution in [0.2, 0.25) is 5.04 Å². The first-order valence-electron chi connectivity index (χ1n) is 11.3. The molecule has 0 saturated carbocycles. The quantitative estimate of drug-likeness (QED) is 0.492. The molecule has 5 heteroatoms. The SMILES string of the molecule is C[C@H]([C@@H](O)[C@@H](C)CO)[C@H](O)[C@@H](C)CO[Si](c1ccccc1)(c1ccccc1)C(C)(C)C. The van der Waals surface area contributed by atoms with E-state index in [9.17, 15) is 15.3 Å². The zero-order valence-electron chi connectivity index (χ0n) is 19.8. The normalized spacial score (nSPS) is 17.6. The predicted octanol–water partition coefficient (Wildman–Crippen LogP) is 3.19. The lowest BCUT2D eigenvalue weighted by Crippen LogP contribution is -2.67. The Bertz CT molecular complexity index is 735. The second-order valence-corrected chi connectivity index (χ2v) is 14.3. The van der Waals surface area contributed by atoms with E-state index >= 15 is 0 Å². The van der Waals surface area contributed by atoms with Gasteiger partial charge in [-0.2, -0.15) is 0 Å². The van der Waals surface area contributed by atoms with Gasteiger partial charge in [0, 0.05) is 31.0 Å². The minimum Gasteiger partial charge on any atom is -0.407 e. The molecule has 5 atom stereocenters. The highest BCUT2D eigenvalue weighted by molar-refractivity contribution is 6.99. The third-order valence-electron chi connectivity index (χ3n) is 6.51. The fourth-order valence-electron chi connectivity index (χ4n) is 4.46. The Kier molecular flexibility index (Phi) is 9.04. The second kappa shape index (κ2) is 10.9. The van der Waals surface area contributed by atoms with Crippen molar-refractivity contribution in [3.8, 4) is 0 Å². The lowest BCUT2D eigenvalue weighted by atomic mass is 9.85. The molecule has 0 aliphatic carbocycles. The van der Waals surface area contributed by atoms with Gasteiger partial charge in [0.15, 0.2) is 0 Å². The molecular formula is C26H40O4Si. The Morgan fingerprint density at radius 2 is 1.19 bits per heavy atom. The zero-order valence-corrected chi connectivity index (χ0v) is 20.8. The molecular weight excluding hydrogens is 404 g/mol. The van der Waals surface area contributed by atoms with Gasteiger partial charge in [-0.05, 0) is 15.4 Å². The summed E-state index contributed by atoms with van der Waals surface area (Å²) in [4.78, 5) is 0. The Hall–Kier alpha value is -1.50. The van der Waals surface area contributed by atoms with E-state index in [0.717, 1.165) is 0 Å². The summed E-state index contributed by atoms with van der Waals surface area (Å²) in [6.45, 7) is 12.6. The van der Waals surface area contributed by atoms with Crippen molar-refractivity contribution in [2.45, 2.75) is 58.8 Å². The van der Waals surface area contributed by atoms with Crippen molar-refractivity contribution in [3.05, 3.63) is 60.7 Å². The van der Waals surface area contributed by atoms with Crippen LogP contribution in [-0.4, -0.2) is 49.1 Å². The number of hydrogen-bond donors (Lipinski definition) is 3. The topological polar surface area (TPSA) is 69.9 Å². The summed E-state index contributed by atoms with van der Waals surface area (Å²) >= 11 is 0. The van der Waals surface area contributed by atoms with Crippen LogP contribution >= 0.6 is 0 Å². The highest BCUT2D eigenvalue weighted by atomic mass is 28.4. The maximum Gasteiger partial charge on any atom is 0.261 e. The smallest absolute Gasteiger partial charge is 0.261 e. The molecule has 0 radical (unpaired) electrons. The van der Waals surface area contributed by atoms with Crippen molar-refractivity contribution in [1.82, 2.24) is 0 Å². The van der Waals surface area contributed by atoms with Gasteiger partial charge in [0.1, 0.15) is 0 Å². The molecule has 0 spiro atoms. The van der Waals surface area contributed by atoms with Gasteiger partial charge in [-0.25, -0.2) is 0 Å². The minimum absolute atomic E-state index is 0.106. The highest BCUT2D eigenvalue weighted by Gasteiger charge is 2.50. The molecule has 31 heavy (non-hydrogen) atoms. The number of hydrogen-bond acceptors (Lipinski definition) is 4. The fraction of sp³-hybridized carbons (Fsp3) is 0.538. The summed E-state index contributed by atoms with van der Waals surface area (Å²) in [7, 11) is -2.66. The minimum atomic E-state index is -2.66. The summed E-state index contributed by atoms with van der Waals surface area (Å²) in [6.07, 6.45) is -1.50. The molecule has 0 aromatic heterocycles. The molecule has 0 heterocycles. The molecule has 0 aliphatic heterocycles. The predicted molar refractivity (Wildman–Crippen MR) is 130 cm³/mol. The third kappa shape index (κ3) is 5.65. The van der Waals surface area contributed by atoms with Crippen molar-refractivity contribution >= 4 is 18.7 Å². The Morgan fingerprint density at radius 1 is 0.774 bits per heavy atom. The molecule has 0 saturated heterocycles. The van der Waals surface area contributed by atoms with Gasteiger partial charge in [-0.15, -0.1) is 0 Å². The largest absolute Gasteiger partial charge is 0.407 e. The van der Waals surface area contributed by atoms with E-state index < -0.39 is 20.5 Å². The maximum absolute atomic E-state index is 10.9. The van der Waals surface area contributed by atoms with Gasteiger partial charge in [-0.3, -0.25) is 0 Å². The highest BCUT2D eigenvalue weighted by Crippen LogP contribution is 2.37. The second-order valence-electron chi connectivity index (χ2n) is 9.95. The Balaban J connectivity index is 2.37. The molecule has 0 amide bonds. The number of aliphatic hydroxyl groups is 3. The van der Waals surface area contributed by atoms with E-state index in [1.54, 1.807) is 6.92 Å². The monoisotopic (exact) mass is 444 g/mol. The first-order valence-corrected chi connectivity index (χ1v) is 13.2. The van der Waals surface area contributed by atoms with Crippen molar-refractivity contribution < 1.29 is 19.7 Å². The molecule has 172 valence electrons. The van der Waals surface area contributed by atoms with E-state index in [1.807, 2.05) is 26.0 Å². The van der Waals surface area contributed by atoms with E-state index in [2.05, 4.69) is 69.3 Å². The Labute approximate surface area is 189 Å². The summed E-state index contributed by atoms with van der Waals surface area (Å²) in [5.74, 6) is -0.813. The van der Waals surface area contributed by atoms with Crippen molar-refractivity contribution in [2.75, 3.05) is 13.2 Å². The van der Waals surface area contributed by atoms with Gasteiger partial charge in [0.05, 0.1) is 12.2 Å². The molecule has 0 fully saturated rings. The van der Waals surface area contributed by atoms with Crippen LogP contribution in [0.3, 0.4) is 0 Å². The van der Waals surface area contributed by atoms with Gasteiger partial charge < -0.3 is 19.7 Å². The first-order chi connectivity index (χ1) is 14.6. The van der Waals surface area contributed by atoms with E-state index in [0.29, 0.717) is 6.61 Å². The van der Waals surface area contributed by atoms with Crippen LogP contribution < -0.4 is 10.4 Å². The number of rotatable bonds is 10. The summed E-state index contributed by atoms with van der Waals surface area (Å²) in [6, 6.07) is 20.9. The molecule has 3 N–H and O–H groups in total.